The van der Waals surface area contributed by atoms with Gasteiger partial charge < -0.3 is 24.1 Å². The lowest BCUT2D eigenvalue weighted by molar-refractivity contribution is -0.140. The van der Waals surface area contributed by atoms with Crippen molar-refractivity contribution in [3.8, 4) is 11.9 Å². The van der Waals surface area contributed by atoms with Crippen LogP contribution in [0.4, 0.5) is 11.6 Å². The quantitative estimate of drug-likeness (QED) is 0.679. The molecule has 2 saturated heterocycles. The van der Waals surface area contributed by atoms with Crippen molar-refractivity contribution in [3.63, 3.8) is 0 Å². The Balaban J connectivity index is 1.50. The number of fused-ring (bicyclic) bond motifs is 1. The highest BCUT2D eigenvalue weighted by molar-refractivity contribution is 5.79. The zero-order valence-electron chi connectivity index (χ0n) is 19.4. The number of hydrogen-bond donors (Lipinski definition) is 1. The summed E-state index contributed by atoms with van der Waals surface area (Å²) in [6, 6.07) is 4.12. The smallest absolute Gasteiger partial charge is 0.257 e. The van der Waals surface area contributed by atoms with Gasteiger partial charge in [-0.15, -0.1) is 5.10 Å². The van der Waals surface area contributed by atoms with Crippen LogP contribution in [0.15, 0.2) is 18.5 Å². The number of hydrogen-bond acceptors (Lipinski definition) is 8. The van der Waals surface area contributed by atoms with E-state index in [0.29, 0.717) is 36.8 Å². The average molecular weight is 412 g/mol. The van der Waals surface area contributed by atoms with E-state index in [0.717, 1.165) is 22.9 Å². The summed E-state index contributed by atoms with van der Waals surface area (Å²) in [6.45, 7) is 1.06. The number of nitrogens with one attached hydrogen (secondary N) is 1. The standard InChI is InChI=1S/C20H23N7O3/c1-12-17(11-29-12)30-19-16(10-26(2)25-19)23-20-22-9-13-7-15(8-21)27(18(13)24-20)14-3-5-28-6-4-14/h7,9-10,12,14,17H,3-6,11H2,1-2H3,(H,22,23,24)/t12-,17+/m1/s1/i2D3. The highest BCUT2D eigenvalue weighted by Crippen LogP contribution is 2.31. The maximum atomic E-state index is 9.65. The largest absolute Gasteiger partial charge is 0.467 e. The van der Waals surface area contributed by atoms with Crippen LogP contribution >= 0.6 is 0 Å². The number of rotatable bonds is 5. The van der Waals surface area contributed by atoms with E-state index in [1.807, 2.05) is 11.5 Å². The van der Waals surface area contributed by atoms with E-state index in [1.54, 1.807) is 12.3 Å². The van der Waals surface area contributed by atoms with Crippen molar-refractivity contribution in [2.75, 3.05) is 25.1 Å². The minimum absolute atomic E-state index is 0.103. The van der Waals surface area contributed by atoms with Crippen molar-refractivity contribution in [1.82, 2.24) is 24.3 Å². The molecule has 156 valence electrons. The van der Waals surface area contributed by atoms with Gasteiger partial charge in [0, 0.05) is 41.9 Å². The molecule has 0 amide bonds. The van der Waals surface area contributed by atoms with Gasteiger partial charge in [0.1, 0.15) is 29.2 Å². The van der Waals surface area contributed by atoms with E-state index in [4.69, 9.17) is 18.3 Å². The van der Waals surface area contributed by atoms with Crippen molar-refractivity contribution in [3.05, 3.63) is 24.2 Å². The minimum atomic E-state index is -2.47. The number of ether oxygens (including phenoxy) is 3. The van der Waals surface area contributed by atoms with E-state index >= 15 is 0 Å². The second-order valence-electron chi connectivity index (χ2n) is 7.44. The molecule has 10 heteroatoms. The predicted octanol–water partition coefficient (Wildman–Crippen LogP) is 2.30. The molecule has 0 spiro atoms. The lowest BCUT2D eigenvalue weighted by atomic mass is 10.1. The Morgan fingerprint density at radius 1 is 1.40 bits per heavy atom. The first-order valence-corrected chi connectivity index (χ1v) is 9.85. The first-order valence-electron chi connectivity index (χ1n) is 11.3. The molecule has 3 aromatic rings. The second kappa shape index (κ2) is 7.59. The first-order chi connectivity index (χ1) is 15.8. The topological polar surface area (TPSA) is 112 Å². The molecule has 1 N–H and O–H groups in total. The van der Waals surface area contributed by atoms with E-state index in [1.165, 1.54) is 6.20 Å². The van der Waals surface area contributed by atoms with Crippen LogP contribution in [0.1, 0.15) is 35.6 Å². The van der Waals surface area contributed by atoms with Gasteiger partial charge in [-0.25, -0.2) is 4.98 Å². The van der Waals surface area contributed by atoms with Crippen LogP contribution in [-0.4, -0.2) is 56.3 Å². The van der Waals surface area contributed by atoms with Gasteiger partial charge in [-0.2, -0.15) is 10.2 Å². The molecular formula is C20H23N7O3. The van der Waals surface area contributed by atoms with Crippen LogP contribution in [-0.2, 0) is 16.4 Å². The number of nitrogens with zero attached hydrogens (tertiary/aromatic N) is 6. The van der Waals surface area contributed by atoms with Gasteiger partial charge in [0.15, 0.2) is 0 Å². The lowest BCUT2D eigenvalue weighted by Gasteiger charge is -2.33. The monoisotopic (exact) mass is 412 g/mol. The molecule has 0 saturated carbocycles. The van der Waals surface area contributed by atoms with E-state index in [2.05, 4.69) is 26.5 Å². The molecule has 2 fully saturated rings. The Bertz CT molecular complexity index is 1210. The summed E-state index contributed by atoms with van der Waals surface area (Å²) >= 11 is 0. The number of anilines is 2. The first kappa shape index (κ1) is 15.6. The highest BCUT2D eigenvalue weighted by atomic mass is 16.6. The fourth-order valence-electron chi connectivity index (χ4n) is 3.76. The Kier molecular flexibility index (Phi) is 3.96. The van der Waals surface area contributed by atoms with Crippen LogP contribution in [0.2, 0.25) is 0 Å². The Hall–Kier alpha value is -3.16. The zero-order chi connectivity index (χ0) is 23.2. The Labute approximate surface area is 177 Å². The van der Waals surface area contributed by atoms with Crippen LogP contribution in [0.25, 0.3) is 11.0 Å². The van der Waals surface area contributed by atoms with Crippen molar-refractivity contribution >= 4 is 22.7 Å². The van der Waals surface area contributed by atoms with Gasteiger partial charge >= 0.3 is 0 Å². The number of nitriles is 1. The molecule has 3 aromatic heterocycles. The molecular weight excluding hydrogens is 386 g/mol. The van der Waals surface area contributed by atoms with Crippen LogP contribution in [0.3, 0.4) is 0 Å². The minimum Gasteiger partial charge on any atom is -0.467 e. The third kappa shape index (κ3) is 3.36. The second-order valence-corrected chi connectivity index (χ2v) is 7.44. The third-order valence-electron chi connectivity index (χ3n) is 5.48. The van der Waals surface area contributed by atoms with Crippen LogP contribution in [0, 0.1) is 11.3 Å². The zero-order valence-corrected chi connectivity index (χ0v) is 16.4. The van der Waals surface area contributed by atoms with E-state index in [9.17, 15) is 5.26 Å². The summed E-state index contributed by atoms with van der Waals surface area (Å²) < 4.78 is 42.5. The fourth-order valence-corrected chi connectivity index (χ4v) is 3.76. The molecule has 2 aliphatic heterocycles. The van der Waals surface area contributed by atoms with E-state index in [-0.39, 0.29) is 30.1 Å². The molecule has 0 aliphatic carbocycles. The summed E-state index contributed by atoms with van der Waals surface area (Å²) in [4.78, 5) is 9.00. The maximum absolute atomic E-state index is 9.65. The van der Waals surface area contributed by atoms with Crippen molar-refractivity contribution in [2.24, 2.45) is 6.98 Å². The van der Waals surface area contributed by atoms with Crippen molar-refractivity contribution in [2.45, 2.75) is 38.0 Å². The van der Waals surface area contributed by atoms with Crippen LogP contribution in [0.5, 0.6) is 5.88 Å². The maximum Gasteiger partial charge on any atom is 0.257 e. The molecule has 0 bridgehead atoms. The van der Waals surface area contributed by atoms with Gasteiger partial charge in [0.25, 0.3) is 5.88 Å². The summed E-state index contributed by atoms with van der Waals surface area (Å²) in [5.41, 5.74) is 1.47. The Morgan fingerprint density at radius 3 is 2.97 bits per heavy atom. The van der Waals surface area contributed by atoms with Gasteiger partial charge in [-0.3, -0.25) is 4.68 Å². The molecule has 0 unspecified atom stereocenters. The Morgan fingerprint density at radius 2 is 2.27 bits per heavy atom. The molecule has 10 nitrogen and oxygen atoms in total. The SMILES string of the molecule is [2H]C([2H])([2H])n1cc(Nc2ncc3cc(C#N)n(C4CCOCC4)c3n2)c(O[C@H]2CO[C@@H]2C)n1. The molecule has 0 aromatic carbocycles. The van der Waals surface area contributed by atoms with Gasteiger partial charge in [-0.1, -0.05) is 0 Å². The molecule has 5 rings (SSSR count). The number of aryl methyl sites for hydroxylation is 1. The third-order valence-corrected chi connectivity index (χ3v) is 5.48. The molecule has 0 radical (unpaired) electrons. The molecule has 2 aliphatic rings. The lowest BCUT2D eigenvalue weighted by Crippen LogP contribution is -2.46. The van der Waals surface area contributed by atoms with Crippen LogP contribution < -0.4 is 10.1 Å². The normalized spacial score (nSPS) is 23.8. The fraction of sp³-hybridized carbons (Fsp3) is 0.500. The van der Waals surface area contributed by atoms with Gasteiger partial charge in [-0.05, 0) is 25.8 Å². The summed E-state index contributed by atoms with van der Waals surface area (Å²) in [7, 11) is 0. The molecule has 30 heavy (non-hydrogen) atoms. The van der Waals surface area contributed by atoms with Crippen molar-refractivity contribution in [1.29, 1.82) is 5.26 Å². The molecule has 5 heterocycles. The summed E-state index contributed by atoms with van der Waals surface area (Å²) in [5, 5.41) is 17.5. The summed E-state index contributed by atoms with van der Waals surface area (Å²) in [6.07, 6.45) is 4.22. The van der Waals surface area contributed by atoms with Gasteiger partial charge in [0.2, 0.25) is 5.95 Å². The van der Waals surface area contributed by atoms with Crippen molar-refractivity contribution < 1.29 is 18.3 Å². The predicted molar refractivity (Wildman–Crippen MR) is 108 cm³/mol. The average Bonchev–Trinajstić information content (AvgIpc) is 3.37. The number of aromatic nitrogens is 5. The molecule has 2 atom stereocenters. The van der Waals surface area contributed by atoms with Gasteiger partial charge in [0.05, 0.1) is 18.9 Å². The highest BCUT2D eigenvalue weighted by Gasteiger charge is 2.31. The van der Waals surface area contributed by atoms with E-state index < -0.39 is 6.98 Å². The summed E-state index contributed by atoms with van der Waals surface area (Å²) in [5.74, 6) is 0.374.